The molecular weight excluding hydrogens is 284 g/mol. The fourth-order valence-corrected chi connectivity index (χ4v) is 2.62. The number of hydrogen-bond donors (Lipinski definition) is 2. The third-order valence-corrected chi connectivity index (χ3v) is 3.77. The van der Waals surface area contributed by atoms with Crippen LogP contribution >= 0.6 is 15.9 Å². The Bertz CT molecular complexity index is 411. The number of anilines is 1. The summed E-state index contributed by atoms with van der Waals surface area (Å²) < 4.78 is 0.775. The molecule has 1 heterocycles. The second kappa shape index (κ2) is 5.49. The van der Waals surface area contributed by atoms with E-state index in [0.717, 1.165) is 29.6 Å². The lowest BCUT2D eigenvalue weighted by molar-refractivity contribution is -0.142. The van der Waals surface area contributed by atoms with Crippen molar-refractivity contribution in [2.75, 3.05) is 5.32 Å². The molecule has 0 bridgehead atoms. The molecule has 1 fully saturated rings. The predicted molar refractivity (Wildman–Crippen MR) is 68.9 cm³/mol. The summed E-state index contributed by atoms with van der Waals surface area (Å²) in [5.41, 5.74) is 0.934. The molecule has 2 N–H and O–H groups in total. The maximum Gasteiger partial charge on any atom is 0.306 e. The summed E-state index contributed by atoms with van der Waals surface area (Å²) in [7, 11) is 0. The number of rotatable bonds is 3. The van der Waals surface area contributed by atoms with Crippen LogP contribution in [0.4, 0.5) is 5.69 Å². The number of hydrogen-bond acceptors (Lipinski definition) is 3. The zero-order valence-corrected chi connectivity index (χ0v) is 11.0. The van der Waals surface area contributed by atoms with E-state index in [1.54, 1.807) is 6.20 Å². The van der Waals surface area contributed by atoms with Gasteiger partial charge in [0.1, 0.15) is 4.60 Å². The molecule has 5 heteroatoms. The first kappa shape index (κ1) is 12.4. The molecule has 17 heavy (non-hydrogen) atoms. The van der Waals surface area contributed by atoms with Crippen molar-refractivity contribution in [2.24, 2.45) is 5.92 Å². The van der Waals surface area contributed by atoms with E-state index < -0.39 is 5.97 Å². The number of pyridine rings is 1. The van der Waals surface area contributed by atoms with Crippen molar-refractivity contribution in [3.05, 3.63) is 22.9 Å². The van der Waals surface area contributed by atoms with E-state index in [1.807, 2.05) is 12.1 Å². The fourth-order valence-electron chi connectivity index (χ4n) is 2.26. The van der Waals surface area contributed by atoms with Crippen LogP contribution in [-0.2, 0) is 4.79 Å². The molecule has 2 atom stereocenters. The summed E-state index contributed by atoms with van der Waals surface area (Å²) in [6, 6.07) is 4.04. The van der Waals surface area contributed by atoms with Crippen molar-refractivity contribution < 1.29 is 9.90 Å². The van der Waals surface area contributed by atoms with Crippen molar-refractivity contribution in [2.45, 2.75) is 31.7 Å². The Kier molecular flexibility index (Phi) is 3.99. The van der Waals surface area contributed by atoms with Gasteiger partial charge in [-0.25, -0.2) is 4.98 Å². The Balaban J connectivity index is 1.99. The van der Waals surface area contributed by atoms with Crippen LogP contribution in [0.25, 0.3) is 0 Å². The van der Waals surface area contributed by atoms with Crippen molar-refractivity contribution in [3.63, 3.8) is 0 Å². The summed E-state index contributed by atoms with van der Waals surface area (Å²) in [6.45, 7) is 0. The highest BCUT2D eigenvalue weighted by atomic mass is 79.9. The van der Waals surface area contributed by atoms with E-state index in [0.29, 0.717) is 6.42 Å². The van der Waals surface area contributed by atoms with Crippen molar-refractivity contribution in [1.29, 1.82) is 0 Å². The standard InChI is InChI=1S/C12H15BrN2O2/c13-11-10(5-2-6-14-11)15-9-4-1-3-8(7-9)12(16)17/h2,5-6,8-9,15H,1,3-4,7H2,(H,16,17). The molecule has 1 aromatic rings. The number of halogens is 1. The van der Waals surface area contributed by atoms with Gasteiger partial charge in [0.15, 0.2) is 0 Å². The number of aromatic nitrogens is 1. The molecule has 0 aliphatic heterocycles. The zero-order valence-electron chi connectivity index (χ0n) is 9.40. The van der Waals surface area contributed by atoms with Crippen LogP contribution in [0.15, 0.2) is 22.9 Å². The first-order valence-corrected chi connectivity index (χ1v) is 6.56. The Morgan fingerprint density at radius 2 is 2.35 bits per heavy atom. The number of carboxylic acid groups (broad SMARTS) is 1. The Labute approximate surface area is 109 Å². The summed E-state index contributed by atoms with van der Waals surface area (Å²) in [5.74, 6) is -0.890. The molecule has 92 valence electrons. The van der Waals surface area contributed by atoms with Gasteiger partial charge in [0.05, 0.1) is 11.6 Å². The van der Waals surface area contributed by atoms with Crippen LogP contribution in [0.1, 0.15) is 25.7 Å². The molecule has 2 unspecified atom stereocenters. The predicted octanol–water partition coefficient (Wildman–Crippen LogP) is 2.90. The van der Waals surface area contributed by atoms with Crippen LogP contribution in [0.3, 0.4) is 0 Å². The molecule has 0 saturated heterocycles. The van der Waals surface area contributed by atoms with Gasteiger partial charge in [0.2, 0.25) is 0 Å². The zero-order chi connectivity index (χ0) is 12.3. The maximum absolute atomic E-state index is 11.0. The number of carboxylic acids is 1. The highest BCUT2D eigenvalue weighted by molar-refractivity contribution is 9.10. The van der Waals surface area contributed by atoms with Gasteiger partial charge in [-0.15, -0.1) is 0 Å². The molecule has 0 aromatic carbocycles. The molecule has 0 spiro atoms. The fraction of sp³-hybridized carbons (Fsp3) is 0.500. The normalized spacial score (nSPS) is 24.3. The molecule has 1 aliphatic rings. The van der Waals surface area contributed by atoms with Crippen LogP contribution in [0.5, 0.6) is 0 Å². The highest BCUT2D eigenvalue weighted by Gasteiger charge is 2.27. The first-order chi connectivity index (χ1) is 8.16. The summed E-state index contributed by atoms with van der Waals surface area (Å²) in [6.07, 6.45) is 5.19. The Morgan fingerprint density at radius 1 is 1.53 bits per heavy atom. The van der Waals surface area contributed by atoms with E-state index in [-0.39, 0.29) is 12.0 Å². The largest absolute Gasteiger partial charge is 0.481 e. The van der Waals surface area contributed by atoms with Gasteiger partial charge in [-0.1, -0.05) is 6.42 Å². The lowest BCUT2D eigenvalue weighted by Gasteiger charge is -2.28. The topological polar surface area (TPSA) is 62.2 Å². The number of nitrogens with zero attached hydrogens (tertiary/aromatic N) is 1. The number of nitrogens with one attached hydrogen (secondary N) is 1. The van der Waals surface area contributed by atoms with Crippen LogP contribution in [0, 0.1) is 5.92 Å². The second-order valence-electron chi connectivity index (χ2n) is 4.38. The van der Waals surface area contributed by atoms with Crippen LogP contribution in [-0.4, -0.2) is 22.1 Å². The molecule has 0 amide bonds. The SMILES string of the molecule is O=C(O)C1CCCC(Nc2cccnc2Br)C1. The molecule has 1 aliphatic carbocycles. The average Bonchev–Trinajstić information content (AvgIpc) is 2.32. The van der Waals surface area contributed by atoms with Gasteiger partial charge in [0, 0.05) is 12.2 Å². The summed E-state index contributed by atoms with van der Waals surface area (Å²) >= 11 is 3.38. The van der Waals surface area contributed by atoms with Crippen LogP contribution in [0.2, 0.25) is 0 Å². The number of carbonyl (C=O) groups is 1. The van der Waals surface area contributed by atoms with Crippen molar-refractivity contribution in [3.8, 4) is 0 Å². The van der Waals surface area contributed by atoms with Gasteiger partial charge < -0.3 is 10.4 Å². The van der Waals surface area contributed by atoms with Gasteiger partial charge >= 0.3 is 5.97 Å². The molecule has 4 nitrogen and oxygen atoms in total. The minimum Gasteiger partial charge on any atom is -0.481 e. The van der Waals surface area contributed by atoms with Gasteiger partial charge in [-0.2, -0.15) is 0 Å². The monoisotopic (exact) mass is 298 g/mol. The van der Waals surface area contributed by atoms with Gasteiger partial charge in [0.25, 0.3) is 0 Å². The quantitative estimate of drug-likeness (QED) is 0.842. The van der Waals surface area contributed by atoms with E-state index in [2.05, 4.69) is 26.2 Å². The smallest absolute Gasteiger partial charge is 0.306 e. The van der Waals surface area contributed by atoms with Crippen molar-refractivity contribution >= 4 is 27.6 Å². The molecular formula is C12H15BrN2O2. The van der Waals surface area contributed by atoms with Crippen molar-refractivity contribution in [1.82, 2.24) is 4.98 Å². The lowest BCUT2D eigenvalue weighted by atomic mass is 9.86. The summed E-state index contributed by atoms with van der Waals surface area (Å²) in [5, 5.41) is 12.4. The summed E-state index contributed by atoms with van der Waals surface area (Å²) in [4.78, 5) is 15.1. The van der Waals surface area contributed by atoms with E-state index >= 15 is 0 Å². The third kappa shape index (κ3) is 3.19. The average molecular weight is 299 g/mol. The third-order valence-electron chi connectivity index (χ3n) is 3.14. The minimum absolute atomic E-state index is 0.211. The molecule has 1 aromatic heterocycles. The maximum atomic E-state index is 11.0. The van der Waals surface area contributed by atoms with Gasteiger partial charge in [-0.3, -0.25) is 4.79 Å². The molecule has 1 saturated carbocycles. The van der Waals surface area contributed by atoms with E-state index in [9.17, 15) is 4.79 Å². The molecule has 0 radical (unpaired) electrons. The lowest BCUT2D eigenvalue weighted by Crippen LogP contribution is -2.31. The first-order valence-electron chi connectivity index (χ1n) is 5.76. The van der Waals surface area contributed by atoms with E-state index in [1.165, 1.54) is 0 Å². The molecule has 2 rings (SSSR count). The Hall–Kier alpha value is -1.10. The number of aliphatic carboxylic acids is 1. The van der Waals surface area contributed by atoms with Crippen LogP contribution < -0.4 is 5.32 Å². The van der Waals surface area contributed by atoms with Gasteiger partial charge in [-0.05, 0) is 47.3 Å². The highest BCUT2D eigenvalue weighted by Crippen LogP contribution is 2.28. The van der Waals surface area contributed by atoms with E-state index in [4.69, 9.17) is 5.11 Å². The second-order valence-corrected chi connectivity index (χ2v) is 5.14. The Morgan fingerprint density at radius 3 is 3.06 bits per heavy atom. The minimum atomic E-state index is -0.679.